The molecule has 0 aliphatic carbocycles. The average Bonchev–Trinajstić information content (AvgIpc) is 3.36. The highest BCUT2D eigenvalue weighted by Gasteiger charge is 2.27. The minimum atomic E-state index is -0.291. The van der Waals surface area contributed by atoms with Crippen LogP contribution in [0.1, 0.15) is 35.9 Å². The van der Waals surface area contributed by atoms with Crippen molar-refractivity contribution in [2.45, 2.75) is 31.5 Å². The molecule has 0 amide bonds. The summed E-state index contributed by atoms with van der Waals surface area (Å²) in [5.41, 5.74) is 3.13. The zero-order valence-electron chi connectivity index (χ0n) is 18.4. The van der Waals surface area contributed by atoms with Crippen LogP contribution in [0.2, 0.25) is 0 Å². The Kier molecular flexibility index (Phi) is 6.56. The Hall–Kier alpha value is -3.35. The molecule has 1 atom stereocenters. The molecule has 0 spiro atoms. The van der Waals surface area contributed by atoms with Crippen molar-refractivity contribution < 1.29 is 8.81 Å². The Balaban J connectivity index is 1.30. The van der Waals surface area contributed by atoms with Gasteiger partial charge in [0.05, 0.1) is 0 Å². The van der Waals surface area contributed by atoms with E-state index in [1.54, 1.807) is 12.1 Å². The fourth-order valence-corrected chi connectivity index (χ4v) is 4.35. The van der Waals surface area contributed by atoms with Crippen LogP contribution < -0.4 is 5.32 Å². The van der Waals surface area contributed by atoms with Gasteiger partial charge in [-0.05, 0) is 61.3 Å². The van der Waals surface area contributed by atoms with E-state index < -0.39 is 0 Å². The van der Waals surface area contributed by atoms with Crippen molar-refractivity contribution in [1.82, 2.24) is 20.4 Å². The van der Waals surface area contributed by atoms with Crippen molar-refractivity contribution in [3.63, 3.8) is 0 Å². The second-order valence-electron chi connectivity index (χ2n) is 8.50. The molecule has 4 aromatic rings. The summed E-state index contributed by atoms with van der Waals surface area (Å²) in [5, 5.41) is 12.3. The summed E-state index contributed by atoms with van der Waals surface area (Å²) in [5.74, 6) is 0.714. The van der Waals surface area contributed by atoms with E-state index in [9.17, 15) is 4.39 Å². The number of nitrogens with one attached hydrogen (secondary N) is 1. The Morgan fingerprint density at radius 1 is 0.879 bits per heavy atom. The third-order valence-corrected chi connectivity index (χ3v) is 6.15. The van der Waals surface area contributed by atoms with Gasteiger partial charge >= 0.3 is 0 Å². The molecule has 1 saturated heterocycles. The molecule has 0 bridgehead atoms. The number of likely N-dealkylation sites (tertiary alicyclic amines) is 1. The molecule has 1 aliphatic rings. The minimum Gasteiger partial charge on any atom is -0.419 e. The maximum absolute atomic E-state index is 13.6. The number of hydrogen-bond donors (Lipinski definition) is 1. The molecule has 5 rings (SSSR count). The van der Waals surface area contributed by atoms with Gasteiger partial charge in [0.2, 0.25) is 11.8 Å². The molecule has 1 aromatic heterocycles. The predicted molar refractivity (Wildman–Crippen MR) is 126 cm³/mol. The molecular weight excluding hydrogens is 415 g/mol. The number of rotatable bonds is 7. The van der Waals surface area contributed by atoms with E-state index in [1.807, 2.05) is 30.3 Å². The largest absolute Gasteiger partial charge is 0.419 e. The number of halogens is 1. The molecule has 5 nitrogen and oxygen atoms in total. The van der Waals surface area contributed by atoms with Crippen LogP contribution in [0.4, 0.5) is 4.39 Å². The molecule has 0 radical (unpaired) electrons. The lowest BCUT2D eigenvalue weighted by molar-refractivity contribution is 0.184. The lowest BCUT2D eigenvalue weighted by Gasteiger charge is -2.34. The molecule has 0 saturated carbocycles. The van der Waals surface area contributed by atoms with Crippen LogP contribution in [-0.2, 0) is 6.54 Å². The third kappa shape index (κ3) is 5.35. The number of aromatic nitrogens is 2. The first-order valence-corrected chi connectivity index (χ1v) is 11.4. The van der Waals surface area contributed by atoms with E-state index in [0.717, 1.165) is 43.6 Å². The van der Waals surface area contributed by atoms with E-state index >= 15 is 0 Å². The van der Waals surface area contributed by atoms with E-state index in [-0.39, 0.29) is 11.9 Å². The fourth-order valence-electron chi connectivity index (χ4n) is 4.35. The van der Waals surface area contributed by atoms with Crippen molar-refractivity contribution >= 4 is 0 Å². The van der Waals surface area contributed by atoms with Crippen molar-refractivity contribution in [3.8, 4) is 11.5 Å². The highest BCUT2D eigenvalue weighted by molar-refractivity contribution is 5.51. The van der Waals surface area contributed by atoms with Gasteiger partial charge in [0.25, 0.3) is 0 Å². The van der Waals surface area contributed by atoms with Gasteiger partial charge < -0.3 is 4.42 Å². The van der Waals surface area contributed by atoms with Gasteiger partial charge in [-0.25, -0.2) is 4.39 Å². The first kappa shape index (κ1) is 21.5. The maximum Gasteiger partial charge on any atom is 0.247 e. The van der Waals surface area contributed by atoms with E-state index in [1.165, 1.54) is 17.7 Å². The predicted octanol–water partition coefficient (Wildman–Crippen LogP) is 5.22. The highest BCUT2D eigenvalue weighted by Crippen LogP contribution is 2.27. The molecule has 168 valence electrons. The zero-order chi connectivity index (χ0) is 22.5. The smallest absolute Gasteiger partial charge is 0.247 e. The summed E-state index contributed by atoms with van der Waals surface area (Å²) in [6.45, 7) is 3.00. The van der Waals surface area contributed by atoms with Gasteiger partial charge in [0.1, 0.15) is 11.9 Å². The quantitative estimate of drug-likeness (QED) is 0.425. The standard InChI is InChI=1S/C27H27FN4O/c28-23-13-11-21(12-14-23)25(27-31-30-26(33-27)22-9-5-2-6-10-22)29-24-15-17-32(18-16-24)19-20-7-3-1-4-8-20/h1-14,24-25,29H,15-19H2/t25-/m1/s1. The number of benzene rings is 3. The number of nitrogens with zero attached hydrogens (tertiary/aromatic N) is 3. The van der Waals surface area contributed by atoms with Crippen LogP contribution in [0.25, 0.3) is 11.5 Å². The summed E-state index contributed by atoms with van der Waals surface area (Å²) >= 11 is 0. The van der Waals surface area contributed by atoms with Gasteiger partial charge in [-0.2, -0.15) is 0 Å². The van der Waals surface area contributed by atoms with Gasteiger partial charge in [-0.1, -0.05) is 60.7 Å². The Morgan fingerprint density at radius 3 is 2.24 bits per heavy atom. The number of piperidine rings is 1. The summed E-state index contributed by atoms with van der Waals surface area (Å²) in [7, 11) is 0. The van der Waals surface area contributed by atoms with E-state index in [0.29, 0.717) is 17.8 Å². The molecular formula is C27H27FN4O. The topological polar surface area (TPSA) is 54.2 Å². The van der Waals surface area contributed by atoms with Crippen LogP contribution in [0.5, 0.6) is 0 Å². The monoisotopic (exact) mass is 442 g/mol. The van der Waals surface area contributed by atoms with Crippen LogP contribution in [0, 0.1) is 5.82 Å². The number of hydrogen-bond acceptors (Lipinski definition) is 5. The van der Waals surface area contributed by atoms with Gasteiger partial charge in [0, 0.05) is 18.2 Å². The summed E-state index contributed by atoms with van der Waals surface area (Å²) < 4.78 is 19.7. The molecule has 2 heterocycles. The third-order valence-electron chi connectivity index (χ3n) is 6.15. The van der Waals surface area contributed by atoms with Gasteiger partial charge in [-0.15, -0.1) is 10.2 Å². The second kappa shape index (κ2) is 10.1. The van der Waals surface area contributed by atoms with E-state index in [2.05, 4.69) is 50.7 Å². The Morgan fingerprint density at radius 2 is 1.55 bits per heavy atom. The molecule has 1 aliphatic heterocycles. The SMILES string of the molecule is Fc1ccc([C@@H](NC2CCN(Cc3ccccc3)CC2)c2nnc(-c3ccccc3)o2)cc1. The zero-order valence-corrected chi connectivity index (χ0v) is 18.4. The lowest BCUT2D eigenvalue weighted by atomic mass is 10.00. The highest BCUT2D eigenvalue weighted by atomic mass is 19.1. The van der Waals surface area contributed by atoms with Crippen LogP contribution in [-0.4, -0.2) is 34.2 Å². The second-order valence-corrected chi connectivity index (χ2v) is 8.50. The minimum absolute atomic E-state index is 0.262. The average molecular weight is 443 g/mol. The molecule has 0 unspecified atom stereocenters. The normalized spacial score (nSPS) is 16.0. The first-order chi connectivity index (χ1) is 16.2. The van der Waals surface area contributed by atoms with Crippen molar-refractivity contribution in [1.29, 1.82) is 0 Å². The maximum atomic E-state index is 13.6. The van der Waals surface area contributed by atoms with Crippen LogP contribution >= 0.6 is 0 Å². The Labute approximate surface area is 193 Å². The van der Waals surface area contributed by atoms with Crippen LogP contribution in [0.15, 0.2) is 89.3 Å². The van der Waals surface area contributed by atoms with Crippen molar-refractivity contribution in [3.05, 3.63) is 108 Å². The van der Waals surface area contributed by atoms with Crippen LogP contribution in [0.3, 0.4) is 0 Å². The first-order valence-electron chi connectivity index (χ1n) is 11.4. The summed E-state index contributed by atoms with van der Waals surface area (Å²) in [4.78, 5) is 2.49. The fraction of sp³-hybridized carbons (Fsp3) is 0.259. The molecule has 3 aromatic carbocycles. The summed E-state index contributed by atoms with van der Waals surface area (Å²) in [6, 6.07) is 26.8. The molecule has 1 N–H and O–H groups in total. The molecule has 6 heteroatoms. The summed E-state index contributed by atoms with van der Waals surface area (Å²) in [6.07, 6.45) is 2.04. The lowest BCUT2D eigenvalue weighted by Crippen LogP contribution is -2.43. The molecule has 33 heavy (non-hydrogen) atoms. The van der Waals surface area contributed by atoms with E-state index in [4.69, 9.17) is 4.42 Å². The molecule has 1 fully saturated rings. The van der Waals surface area contributed by atoms with Gasteiger partial charge in [-0.3, -0.25) is 10.2 Å². The Bertz CT molecular complexity index is 1140. The van der Waals surface area contributed by atoms with Crippen molar-refractivity contribution in [2.75, 3.05) is 13.1 Å². The van der Waals surface area contributed by atoms with Gasteiger partial charge in [0.15, 0.2) is 0 Å². The van der Waals surface area contributed by atoms with Crippen molar-refractivity contribution in [2.24, 2.45) is 0 Å².